The first-order valence-electron chi connectivity index (χ1n) is 7.48. The van der Waals surface area contributed by atoms with Gasteiger partial charge in [-0.05, 0) is 54.8 Å². The Bertz CT molecular complexity index is 845. The normalized spacial score (nSPS) is 14.4. The maximum atomic E-state index is 12.1. The van der Waals surface area contributed by atoms with Crippen molar-refractivity contribution in [2.75, 3.05) is 0 Å². The van der Waals surface area contributed by atoms with Crippen LogP contribution in [-0.2, 0) is 21.4 Å². The van der Waals surface area contributed by atoms with Crippen LogP contribution < -0.4 is 4.72 Å². The van der Waals surface area contributed by atoms with Gasteiger partial charge >= 0.3 is 5.97 Å². The van der Waals surface area contributed by atoms with E-state index in [1.54, 1.807) is 24.3 Å². The van der Waals surface area contributed by atoms with Crippen molar-refractivity contribution in [3.05, 3.63) is 64.7 Å². The van der Waals surface area contributed by atoms with Gasteiger partial charge in [-0.15, -0.1) is 0 Å². The zero-order chi connectivity index (χ0) is 17.2. The van der Waals surface area contributed by atoms with Crippen molar-refractivity contribution in [2.45, 2.75) is 30.4 Å². The lowest BCUT2D eigenvalue weighted by Crippen LogP contribution is -2.25. The van der Waals surface area contributed by atoms with Crippen molar-refractivity contribution in [3.8, 4) is 0 Å². The standard InChI is InChI=1S/C17H16ClNO4S/c18-14-3-1-2-12(10-14)11-23-17(20)13-4-8-16(9-5-13)24(21,22)19-15-6-7-15/h1-5,8-10,15,19H,6-7,11H2. The van der Waals surface area contributed by atoms with Crippen molar-refractivity contribution in [3.63, 3.8) is 0 Å². The lowest BCUT2D eigenvalue weighted by atomic mass is 10.2. The third-order valence-electron chi connectivity index (χ3n) is 3.56. The number of hydrogen-bond acceptors (Lipinski definition) is 4. The molecule has 2 aromatic carbocycles. The summed E-state index contributed by atoms with van der Waals surface area (Å²) in [6.45, 7) is 0.0999. The minimum absolute atomic E-state index is 0.0392. The van der Waals surface area contributed by atoms with E-state index in [9.17, 15) is 13.2 Å². The third kappa shape index (κ3) is 4.35. The van der Waals surface area contributed by atoms with Gasteiger partial charge in [0.05, 0.1) is 10.5 Å². The maximum absolute atomic E-state index is 12.1. The quantitative estimate of drug-likeness (QED) is 0.798. The first kappa shape index (κ1) is 17.0. The number of ether oxygens (including phenoxy) is 1. The number of carbonyl (C=O) groups excluding carboxylic acids is 1. The topological polar surface area (TPSA) is 72.5 Å². The minimum atomic E-state index is -3.52. The molecule has 0 atom stereocenters. The molecule has 2 aromatic rings. The molecule has 0 aromatic heterocycles. The summed E-state index contributed by atoms with van der Waals surface area (Å²) in [5.41, 5.74) is 1.08. The average Bonchev–Trinajstić information content (AvgIpc) is 3.36. The molecule has 0 amide bonds. The van der Waals surface area contributed by atoms with E-state index in [4.69, 9.17) is 16.3 Å². The molecule has 0 bridgehead atoms. The zero-order valence-corrected chi connectivity index (χ0v) is 14.3. The highest BCUT2D eigenvalue weighted by Gasteiger charge is 2.28. The van der Waals surface area contributed by atoms with Crippen LogP contribution in [0.3, 0.4) is 0 Å². The van der Waals surface area contributed by atoms with E-state index in [1.807, 2.05) is 0 Å². The Morgan fingerprint density at radius 2 is 1.88 bits per heavy atom. The molecule has 0 saturated heterocycles. The predicted molar refractivity (Wildman–Crippen MR) is 90.4 cm³/mol. The number of esters is 1. The summed E-state index contributed by atoms with van der Waals surface area (Å²) in [5, 5.41) is 0.571. The van der Waals surface area contributed by atoms with E-state index >= 15 is 0 Å². The SMILES string of the molecule is O=C(OCc1cccc(Cl)c1)c1ccc(S(=O)(=O)NC2CC2)cc1. The van der Waals surface area contributed by atoms with E-state index in [0.717, 1.165) is 18.4 Å². The van der Waals surface area contributed by atoms with Crippen LogP contribution in [-0.4, -0.2) is 20.4 Å². The van der Waals surface area contributed by atoms with Gasteiger partial charge in [0, 0.05) is 11.1 Å². The van der Waals surface area contributed by atoms with Gasteiger partial charge in [0.25, 0.3) is 0 Å². The number of carbonyl (C=O) groups is 1. The molecule has 0 spiro atoms. The molecular formula is C17H16ClNO4S. The zero-order valence-electron chi connectivity index (χ0n) is 12.7. The van der Waals surface area contributed by atoms with Crippen LogP contribution in [0.2, 0.25) is 5.02 Å². The number of nitrogens with one attached hydrogen (secondary N) is 1. The number of hydrogen-bond donors (Lipinski definition) is 1. The van der Waals surface area contributed by atoms with E-state index in [2.05, 4.69) is 4.72 Å². The van der Waals surface area contributed by atoms with E-state index in [1.165, 1.54) is 24.3 Å². The molecule has 0 aliphatic heterocycles. The molecule has 1 saturated carbocycles. The number of sulfonamides is 1. The molecule has 0 unspecified atom stereocenters. The summed E-state index contributed by atoms with van der Waals surface area (Å²) < 4.78 is 31.9. The highest BCUT2D eigenvalue weighted by molar-refractivity contribution is 7.89. The Balaban J connectivity index is 1.63. The first-order valence-corrected chi connectivity index (χ1v) is 9.34. The number of halogens is 1. The Morgan fingerprint density at radius 3 is 2.50 bits per heavy atom. The molecule has 0 radical (unpaired) electrons. The van der Waals surface area contributed by atoms with Gasteiger partial charge < -0.3 is 4.74 Å². The molecule has 0 heterocycles. The molecule has 24 heavy (non-hydrogen) atoms. The van der Waals surface area contributed by atoms with E-state index in [0.29, 0.717) is 10.6 Å². The van der Waals surface area contributed by atoms with Crippen LogP contribution in [0.25, 0.3) is 0 Å². The van der Waals surface area contributed by atoms with Gasteiger partial charge in [0.2, 0.25) is 10.0 Å². The van der Waals surface area contributed by atoms with Gasteiger partial charge in [-0.3, -0.25) is 0 Å². The summed E-state index contributed by atoms with van der Waals surface area (Å²) in [7, 11) is -3.52. The van der Waals surface area contributed by atoms with E-state index < -0.39 is 16.0 Å². The molecule has 1 aliphatic carbocycles. The highest BCUT2D eigenvalue weighted by atomic mass is 35.5. The van der Waals surface area contributed by atoms with Crippen LogP contribution in [0.5, 0.6) is 0 Å². The second kappa shape index (κ2) is 6.93. The Kier molecular flexibility index (Phi) is 4.89. The van der Waals surface area contributed by atoms with Crippen molar-refractivity contribution >= 4 is 27.6 Å². The maximum Gasteiger partial charge on any atom is 0.338 e. The van der Waals surface area contributed by atoms with Crippen LogP contribution in [0.1, 0.15) is 28.8 Å². The molecule has 3 rings (SSSR count). The summed E-state index contributed by atoms with van der Waals surface area (Å²) in [6, 6.07) is 12.8. The summed E-state index contributed by atoms with van der Waals surface area (Å²) in [6.07, 6.45) is 1.74. The lowest BCUT2D eigenvalue weighted by molar-refractivity contribution is 0.0472. The molecule has 1 aliphatic rings. The molecule has 5 nitrogen and oxygen atoms in total. The molecule has 1 N–H and O–H groups in total. The van der Waals surface area contributed by atoms with Crippen molar-refractivity contribution in [1.82, 2.24) is 4.72 Å². The average molecular weight is 366 g/mol. The Hall–Kier alpha value is -1.89. The van der Waals surface area contributed by atoms with Crippen LogP contribution >= 0.6 is 11.6 Å². The first-order chi connectivity index (χ1) is 11.4. The van der Waals surface area contributed by atoms with Crippen molar-refractivity contribution in [2.24, 2.45) is 0 Å². The number of benzene rings is 2. The second-order valence-electron chi connectivity index (χ2n) is 5.63. The lowest BCUT2D eigenvalue weighted by Gasteiger charge is -2.07. The predicted octanol–water partition coefficient (Wildman–Crippen LogP) is 3.14. The van der Waals surface area contributed by atoms with Crippen LogP contribution in [0.15, 0.2) is 53.4 Å². The molecule has 7 heteroatoms. The summed E-state index contributed by atoms with van der Waals surface area (Å²) in [4.78, 5) is 12.2. The van der Waals surface area contributed by atoms with Crippen LogP contribution in [0, 0.1) is 0 Å². The van der Waals surface area contributed by atoms with E-state index in [-0.39, 0.29) is 17.5 Å². The fourth-order valence-corrected chi connectivity index (χ4v) is 3.64. The van der Waals surface area contributed by atoms with Gasteiger partial charge in [-0.1, -0.05) is 23.7 Å². The second-order valence-corrected chi connectivity index (χ2v) is 7.78. The Labute approximate surface area is 145 Å². The molecule has 1 fully saturated rings. The fraction of sp³-hybridized carbons (Fsp3) is 0.235. The summed E-state index contributed by atoms with van der Waals surface area (Å²) in [5.74, 6) is -0.519. The largest absolute Gasteiger partial charge is 0.457 e. The molecular weight excluding hydrogens is 350 g/mol. The monoisotopic (exact) mass is 365 g/mol. The van der Waals surface area contributed by atoms with Crippen LogP contribution in [0.4, 0.5) is 0 Å². The minimum Gasteiger partial charge on any atom is -0.457 e. The van der Waals surface area contributed by atoms with Gasteiger partial charge in [0.15, 0.2) is 0 Å². The smallest absolute Gasteiger partial charge is 0.338 e. The third-order valence-corrected chi connectivity index (χ3v) is 5.33. The summed E-state index contributed by atoms with van der Waals surface area (Å²) >= 11 is 5.87. The molecule has 126 valence electrons. The van der Waals surface area contributed by atoms with Gasteiger partial charge in [-0.2, -0.15) is 0 Å². The van der Waals surface area contributed by atoms with Gasteiger partial charge in [-0.25, -0.2) is 17.9 Å². The Morgan fingerprint density at radius 1 is 1.17 bits per heavy atom. The van der Waals surface area contributed by atoms with Gasteiger partial charge in [0.1, 0.15) is 6.61 Å². The van der Waals surface area contributed by atoms with Crippen molar-refractivity contribution in [1.29, 1.82) is 0 Å². The highest BCUT2D eigenvalue weighted by Crippen LogP contribution is 2.22. The fourth-order valence-electron chi connectivity index (χ4n) is 2.12. The number of rotatable bonds is 6. The van der Waals surface area contributed by atoms with Crippen molar-refractivity contribution < 1.29 is 17.9 Å².